The zero-order valence-corrected chi connectivity index (χ0v) is 8.66. The maximum absolute atomic E-state index is 8.31. The van der Waals surface area contributed by atoms with Crippen molar-refractivity contribution in [1.82, 2.24) is 4.90 Å². The lowest BCUT2D eigenvalue weighted by Gasteiger charge is -2.15. The molecule has 0 atom stereocenters. The normalized spacial score (nSPS) is 12.4. The zero-order valence-electron chi connectivity index (χ0n) is 8.66. The number of nitrogens with two attached hydrogens (primary N) is 1. The second-order valence-corrected chi connectivity index (χ2v) is 3.35. The molecule has 0 heterocycles. The van der Waals surface area contributed by atoms with E-state index in [9.17, 15) is 0 Å². The van der Waals surface area contributed by atoms with E-state index in [2.05, 4.69) is 24.0 Å². The molecule has 4 nitrogen and oxygen atoms in total. The molecule has 0 bridgehead atoms. The smallest absolute Gasteiger partial charge is 0.140 e. The molecule has 0 aromatic heterocycles. The molecular formula is C9H21N3O. The summed E-state index contributed by atoms with van der Waals surface area (Å²) in [6.07, 6.45) is 4.38. The van der Waals surface area contributed by atoms with Crippen LogP contribution in [0.1, 0.15) is 32.6 Å². The van der Waals surface area contributed by atoms with Crippen LogP contribution in [0.2, 0.25) is 0 Å². The molecule has 0 saturated carbocycles. The van der Waals surface area contributed by atoms with E-state index in [0.29, 0.717) is 12.3 Å². The Bertz CT molecular complexity index is 148. The van der Waals surface area contributed by atoms with Crippen LogP contribution in [0.5, 0.6) is 0 Å². The minimum Gasteiger partial charge on any atom is -0.409 e. The molecule has 0 rings (SSSR count). The number of nitrogens with zero attached hydrogens (tertiary/aromatic N) is 2. The van der Waals surface area contributed by atoms with Crippen LogP contribution in [0.25, 0.3) is 0 Å². The molecule has 0 radical (unpaired) electrons. The SMILES string of the molecule is CCCCCN(C)CC/C(N)=N/O. The van der Waals surface area contributed by atoms with E-state index < -0.39 is 0 Å². The summed E-state index contributed by atoms with van der Waals surface area (Å²) in [7, 11) is 2.06. The summed E-state index contributed by atoms with van der Waals surface area (Å²) in [6, 6.07) is 0. The Morgan fingerprint density at radius 2 is 2.08 bits per heavy atom. The Hall–Kier alpha value is -0.770. The van der Waals surface area contributed by atoms with Gasteiger partial charge in [-0.25, -0.2) is 0 Å². The molecule has 4 heteroatoms. The van der Waals surface area contributed by atoms with Gasteiger partial charge >= 0.3 is 0 Å². The number of hydrogen-bond acceptors (Lipinski definition) is 3. The number of oxime groups is 1. The Morgan fingerprint density at radius 3 is 2.62 bits per heavy atom. The fourth-order valence-corrected chi connectivity index (χ4v) is 1.10. The van der Waals surface area contributed by atoms with Crippen molar-refractivity contribution < 1.29 is 5.21 Å². The Kier molecular flexibility index (Phi) is 7.39. The van der Waals surface area contributed by atoms with Gasteiger partial charge in [0.15, 0.2) is 0 Å². The first kappa shape index (κ1) is 12.2. The highest BCUT2D eigenvalue weighted by Crippen LogP contribution is 1.96. The predicted molar refractivity (Wildman–Crippen MR) is 55.0 cm³/mol. The molecule has 0 aromatic carbocycles. The molecule has 0 amide bonds. The highest BCUT2D eigenvalue weighted by molar-refractivity contribution is 5.79. The maximum Gasteiger partial charge on any atom is 0.140 e. The minimum atomic E-state index is 0.308. The quantitative estimate of drug-likeness (QED) is 0.207. The van der Waals surface area contributed by atoms with E-state index in [1.165, 1.54) is 19.3 Å². The third-order valence-electron chi connectivity index (χ3n) is 2.02. The molecule has 3 N–H and O–H groups in total. The first-order valence-corrected chi connectivity index (χ1v) is 4.85. The van der Waals surface area contributed by atoms with Gasteiger partial charge in [0, 0.05) is 13.0 Å². The van der Waals surface area contributed by atoms with Crippen molar-refractivity contribution in [2.75, 3.05) is 20.1 Å². The van der Waals surface area contributed by atoms with Crippen molar-refractivity contribution in [3.05, 3.63) is 0 Å². The van der Waals surface area contributed by atoms with Gasteiger partial charge in [-0.1, -0.05) is 24.9 Å². The number of unbranched alkanes of at least 4 members (excludes halogenated alkanes) is 2. The third kappa shape index (κ3) is 7.59. The van der Waals surface area contributed by atoms with Gasteiger partial charge in [-0.05, 0) is 20.0 Å². The molecule has 0 spiro atoms. The second-order valence-electron chi connectivity index (χ2n) is 3.35. The molecule has 78 valence electrons. The van der Waals surface area contributed by atoms with E-state index in [0.717, 1.165) is 13.1 Å². The van der Waals surface area contributed by atoms with Crippen molar-refractivity contribution in [2.24, 2.45) is 10.9 Å². The van der Waals surface area contributed by atoms with Crippen LogP contribution >= 0.6 is 0 Å². The first-order chi connectivity index (χ1) is 6.20. The Labute approximate surface area is 80.4 Å². The zero-order chi connectivity index (χ0) is 10.1. The van der Waals surface area contributed by atoms with E-state index in [1.807, 2.05) is 0 Å². The lowest BCUT2D eigenvalue weighted by molar-refractivity contribution is 0.309. The van der Waals surface area contributed by atoms with Crippen LogP contribution in [0.15, 0.2) is 5.16 Å². The van der Waals surface area contributed by atoms with Crippen LogP contribution in [0.3, 0.4) is 0 Å². The van der Waals surface area contributed by atoms with Gasteiger partial charge in [0.2, 0.25) is 0 Å². The van der Waals surface area contributed by atoms with E-state index in [-0.39, 0.29) is 0 Å². The van der Waals surface area contributed by atoms with Crippen molar-refractivity contribution in [2.45, 2.75) is 32.6 Å². The van der Waals surface area contributed by atoms with Gasteiger partial charge in [0.05, 0.1) is 0 Å². The minimum absolute atomic E-state index is 0.308. The van der Waals surface area contributed by atoms with Gasteiger partial charge < -0.3 is 15.8 Å². The lowest BCUT2D eigenvalue weighted by atomic mass is 10.2. The second kappa shape index (κ2) is 7.86. The highest BCUT2D eigenvalue weighted by Gasteiger charge is 1.99. The fraction of sp³-hybridized carbons (Fsp3) is 0.889. The first-order valence-electron chi connectivity index (χ1n) is 4.85. The van der Waals surface area contributed by atoms with Crippen LogP contribution < -0.4 is 5.73 Å². The van der Waals surface area contributed by atoms with Crippen molar-refractivity contribution in [1.29, 1.82) is 0 Å². The van der Waals surface area contributed by atoms with Crippen molar-refractivity contribution >= 4 is 5.84 Å². The molecule has 0 unspecified atom stereocenters. The molecular weight excluding hydrogens is 166 g/mol. The standard InChI is InChI=1S/C9H21N3O/c1-3-4-5-7-12(2)8-6-9(10)11-13/h13H,3-8H2,1-2H3,(H2,10,11). The van der Waals surface area contributed by atoms with Crippen LogP contribution in [0.4, 0.5) is 0 Å². The van der Waals surface area contributed by atoms with Gasteiger partial charge in [0.25, 0.3) is 0 Å². The summed E-state index contributed by atoms with van der Waals surface area (Å²) in [5, 5.41) is 11.2. The summed E-state index contributed by atoms with van der Waals surface area (Å²) in [4.78, 5) is 2.20. The Morgan fingerprint density at radius 1 is 1.38 bits per heavy atom. The van der Waals surface area contributed by atoms with Gasteiger partial charge in [0.1, 0.15) is 5.84 Å². The van der Waals surface area contributed by atoms with E-state index in [1.54, 1.807) is 0 Å². The van der Waals surface area contributed by atoms with Gasteiger partial charge in [-0.2, -0.15) is 0 Å². The molecule has 0 aromatic rings. The number of amidine groups is 1. The number of hydrogen-bond donors (Lipinski definition) is 2. The molecule has 13 heavy (non-hydrogen) atoms. The predicted octanol–water partition coefficient (Wildman–Crippen LogP) is 1.24. The summed E-state index contributed by atoms with van der Waals surface area (Å²) < 4.78 is 0. The maximum atomic E-state index is 8.31. The summed E-state index contributed by atoms with van der Waals surface area (Å²) in [5.74, 6) is 0.308. The Balaban J connectivity index is 3.34. The summed E-state index contributed by atoms with van der Waals surface area (Å²) in [5.41, 5.74) is 5.35. The largest absolute Gasteiger partial charge is 0.409 e. The average molecular weight is 187 g/mol. The van der Waals surface area contributed by atoms with Crippen LogP contribution in [-0.4, -0.2) is 36.1 Å². The topological polar surface area (TPSA) is 61.8 Å². The van der Waals surface area contributed by atoms with Crippen LogP contribution in [0, 0.1) is 0 Å². The van der Waals surface area contributed by atoms with E-state index >= 15 is 0 Å². The molecule has 0 aliphatic heterocycles. The van der Waals surface area contributed by atoms with Gasteiger partial charge in [-0.15, -0.1) is 0 Å². The lowest BCUT2D eigenvalue weighted by Crippen LogP contribution is -2.25. The van der Waals surface area contributed by atoms with Crippen molar-refractivity contribution in [3.8, 4) is 0 Å². The summed E-state index contributed by atoms with van der Waals surface area (Å²) >= 11 is 0. The molecule has 0 aliphatic rings. The van der Waals surface area contributed by atoms with E-state index in [4.69, 9.17) is 10.9 Å². The highest BCUT2D eigenvalue weighted by atomic mass is 16.4. The molecule has 0 aliphatic carbocycles. The third-order valence-corrected chi connectivity index (χ3v) is 2.02. The van der Waals surface area contributed by atoms with Crippen LogP contribution in [-0.2, 0) is 0 Å². The summed E-state index contributed by atoms with van der Waals surface area (Å²) in [6.45, 7) is 4.14. The van der Waals surface area contributed by atoms with Gasteiger partial charge in [-0.3, -0.25) is 0 Å². The molecule has 0 saturated heterocycles. The fourth-order valence-electron chi connectivity index (χ4n) is 1.10. The average Bonchev–Trinajstić information content (AvgIpc) is 2.14. The monoisotopic (exact) mass is 187 g/mol. The number of rotatable bonds is 7. The van der Waals surface area contributed by atoms with Crippen molar-refractivity contribution in [3.63, 3.8) is 0 Å². The molecule has 0 fully saturated rings.